The number of guanidine groups is 1. The second-order valence-corrected chi connectivity index (χ2v) is 6.99. The minimum atomic E-state index is 0. The molecular weight excluding hydrogens is 405 g/mol. The minimum Gasteiger partial charge on any atom is -0.357 e. The summed E-state index contributed by atoms with van der Waals surface area (Å²) in [6, 6.07) is 0.419. The number of carbonyl (C=O) groups excluding carboxylic acids is 1. The van der Waals surface area contributed by atoms with E-state index in [0.717, 1.165) is 51.5 Å². The molecule has 2 rings (SSSR count). The Bertz CT molecular complexity index is 429. The Kier molecular flexibility index (Phi) is 8.06. The van der Waals surface area contributed by atoms with E-state index in [4.69, 9.17) is 4.99 Å². The van der Waals surface area contributed by atoms with E-state index in [1.165, 1.54) is 0 Å². The first-order valence-electron chi connectivity index (χ1n) is 8.42. The Balaban J connectivity index is 0.00000264. The van der Waals surface area contributed by atoms with Crippen LogP contribution in [-0.2, 0) is 4.79 Å². The Morgan fingerprint density at radius 3 is 2.83 bits per heavy atom. The number of likely N-dealkylation sites (tertiary alicyclic amines) is 1. The SMILES string of the molecule is CCNC(=NCC(C)N(C)C)N1CCCC2(CNC(=O)C2)C1.I. The minimum absolute atomic E-state index is 0. The summed E-state index contributed by atoms with van der Waals surface area (Å²) < 4.78 is 0. The zero-order valence-corrected chi connectivity index (χ0v) is 17.2. The number of nitrogens with zero attached hydrogens (tertiary/aromatic N) is 3. The highest BCUT2D eigenvalue weighted by molar-refractivity contribution is 14.0. The number of aliphatic imine (C=N–C) groups is 1. The van der Waals surface area contributed by atoms with Gasteiger partial charge in [0.05, 0.1) is 6.54 Å². The summed E-state index contributed by atoms with van der Waals surface area (Å²) in [5, 5.41) is 6.42. The Morgan fingerprint density at radius 2 is 2.26 bits per heavy atom. The van der Waals surface area contributed by atoms with Crippen molar-refractivity contribution in [1.29, 1.82) is 0 Å². The lowest BCUT2D eigenvalue weighted by Gasteiger charge is -2.41. The number of amides is 1. The van der Waals surface area contributed by atoms with Crippen molar-refractivity contribution >= 4 is 35.8 Å². The summed E-state index contributed by atoms with van der Waals surface area (Å²) in [7, 11) is 4.16. The Hall–Kier alpha value is -0.570. The highest BCUT2D eigenvalue weighted by Crippen LogP contribution is 2.35. The summed E-state index contributed by atoms with van der Waals surface area (Å²) >= 11 is 0. The summed E-state index contributed by atoms with van der Waals surface area (Å²) in [5.74, 6) is 1.19. The highest BCUT2D eigenvalue weighted by atomic mass is 127. The second kappa shape index (κ2) is 9.05. The average Bonchev–Trinajstić information content (AvgIpc) is 2.83. The Labute approximate surface area is 157 Å². The van der Waals surface area contributed by atoms with Crippen LogP contribution in [0.15, 0.2) is 4.99 Å². The third-order valence-electron chi connectivity index (χ3n) is 4.88. The number of carbonyl (C=O) groups is 1. The molecule has 0 saturated carbocycles. The van der Waals surface area contributed by atoms with Crippen molar-refractivity contribution in [2.75, 3.05) is 46.8 Å². The van der Waals surface area contributed by atoms with E-state index in [2.05, 4.69) is 48.4 Å². The summed E-state index contributed by atoms with van der Waals surface area (Å²) in [6.45, 7) is 8.71. The van der Waals surface area contributed by atoms with Crippen molar-refractivity contribution in [2.45, 2.75) is 39.2 Å². The van der Waals surface area contributed by atoms with Crippen LogP contribution < -0.4 is 10.6 Å². The largest absolute Gasteiger partial charge is 0.357 e. The van der Waals surface area contributed by atoms with Gasteiger partial charge in [0, 0.05) is 44.1 Å². The first-order valence-corrected chi connectivity index (χ1v) is 8.42. The first kappa shape index (κ1) is 20.5. The molecule has 134 valence electrons. The average molecular weight is 437 g/mol. The number of hydrogen-bond donors (Lipinski definition) is 2. The predicted molar refractivity (Wildman–Crippen MR) is 105 cm³/mol. The van der Waals surface area contributed by atoms with Gasteiger partial charge in [-0.2, -0.15) is 0 Å². The fourth-order valence-corrected chi connectivity index (χ4v) is 3.24. The summed E-state index contributed by atoms with van der Waals surface area (Å²) in [4.78, 5) is 21.0. The summed E-state index contributed by atoms with van der Waals surface area (Å²) in [6.07, 6.45) is 2.93. The molecule has 2 heterocycles. The topological polar surface area (TPSA) is 60.0 Å². The molecule has 2 aliphatic heterocycles. The normalized spacial score (nSPS) is 26.2. The van der Waals surface area contributed by atoms with Crippen LogP contribution in [-0.4, -0.2) is 74.5 Å². The maximum Gasteiger partial charge on any atom is 0.220 e. The van der Waals surface area contributed by atoms with Gasteiger partial charge in [-0.3, -0.25) is 9.79 Å². The molecule has 0 aromatic heterocycles. The van der Waals surface area contributed by atoms with Gasteiger partial charge in [0.2, 0.25) is 5.91 Å². The molecule has 2 fully saturated rings. The molecule has 1 amide bonds. The van der Waals surface area contributed by atoms with E-state index in [-0.39, 0.29) is 35.3 Å². The smallest absolute Gasteiger partial charge is 0.220 e. The number of rotatable bonds is 4. The van der Waals surface area contributed by atoms with E-state index in [0.29, 0.717) is 12.5 Å². The monoisotopic (exact) mass is 437 g/mol. The van der Waals surface area contributed by atoms with E-state index >= 15 is 0 Å². The second-order valence-electron chi connectivity index (χ2n) is 6.99. The molecule has 2 N–H and O–H groups in total. The zero-order valence-electron chi connectivity index (χ0n) is 14.9. The van der Waals surface area contributed by atoms with Crippen LogP contribution >= 0.6 is 24.0 Å². The standard InChI is InChI=1S/C16H31N5O.HI/c1-5-17-15(18-10-13(2)20(3)4)21-8-6-7-16(12-21)9-14(22)19-11-16;/h13H,5-12H2,1-4H3,(H,17,18)(H,19,22);1H. The molecule has 0 aromatic carbocycles. The van der Waals surface area contributed by atoms with Gasteiger partial charge >= 0.3 is 0 Å². The molecule has 0 bridgehead atoms. The van der Waals surface area contributed by atoms with Gasteiger partial charge in [0.1, 0.15) is 0 Å². The van der Waals surface area contributed by atoms with Crippen molar-refractivity contribution in [3.63, 3.8) is 0 Å². The quantitative estimate of drug-likeness (QED) is 0.393. The molecule has 7 heteroatoms. The number of likely N-dealkylation sites (N-methyl/N-ethyl adjacent to an activating group) is 1. The number of nitrogens with one attached hydrogen (secondary N) is 2. The molecule has 2 saturated heterocycles. The third-order valence-corrected chi connectivity index (χ3v) is 4.88. The molecule has 0 aliphatic carbocycles. The molecule has 2 aliphatic rings. The molecule has 0 aromatic rings. The Morgan fingerprint density at radius 1 is 1.52 bits per heavy atom. The predicted octanol–water partition coefficient (Wildman–Crippen LogP) is 1.12. The number of halogens is 1. The third kappa shape index (κ3) is 5.48. The van der Waals surface area contributed by atoms with E-state index in [1.54, 1.807) is 0 Å². The number of piperidine rings is 1. The van der Waals surface area contributed by atoms with Gasteiger partial charge in [-0.25, -0.2) is 0 Å². The van der Waals surface area contributed by atoms with Crippen LogP contribution in [0.3, 0.4) is 0 Å². The van der Waals surface area contributed by atoms with Gasteiger partial charge < -0.3 is 20.4 Å². The van der Waals surface area contributed by atoms with Crippen molar-refractivity contribution in [3.05, 3.63) is 0 Å². The lowest BCUT2D eigenvalue weighted by atomic mass is 9.79. The fraction of sp³-hybridized carbons (Fsp3) is 0.875. The zero-order chi connectivity index (χ0) is 16.2. The molecule has 6 nitrogen and oxygen atoms in total. The highest BCUT2D eigenvalue weighted by Gasteiger charge is 2.42. The lowest BCUT2D eigenvalue weighted by molar-refractivity contribution is -0.119. The molecule has 2 atom stereocenters. The van der Waals surface area contributed by atoms with Gasteiger partial charge in [0.15, 0.2) is 5.96 Å². The van der Waals surface area contributed by atoms with Crippen molar-refractivity contribution in [2.24, 2.45) is 10.4 Å². The molecule has 2 unspecified atom stereocenters. The van der Waals surface area contributed by atoms with E-state index < -0.39 is 0 Å². The van der Waals surface area contributed by atoms with Crippen LogP contribution in [0.5, 0.6) is 0 Å². The van der Waals surface area contributed by atoms with Gasteiger partial charge in [-0.15, -0.1) is 24.0 Å². The van der Waals surface area contributed by atoms with E-state index in [1.807, 2.05) is 0 Å². The molecule has 0 radical (unpaired) electrons. The lowest BCUT2D eigenvalue weighted by Crippen LogP contribution is -2.51. The van der Waals surface area contributed by atoms with Gasteiger partial charge in [0.25, 0.3) is 0 Å². The van der Waals surface area contributed by atoms with Crippen molar-refractivity contribution in [1.82, 2.24) is 20.4 Å². The molecular formula is C16H32IN5O. The van der Waals surface area contributed by atoms with Crippen LogP contribution in [0.25, 0.3) is 0 Å². The summed E-state index contributed by atoms with van der Waals surface area (Å²) in [5.41, 5.74) is 0.110. The van der Waals surface area contributed by atoms with Crippen molar-refractivity contribution < 1.29 is 4.79 Å². The molecule has 23 heavy (non-hydrogen) atoms. The van der Waals surface area contributed by atoms with Crippen LogP contribution in [0, 0.1) is 5.41 Å². The van der Waals surface area contributed by atoms with Gasteiger partial charge in [-0.1, -0.05) is 0 Å². The molecule has 1 spiro atoms. The van der Waals surface area contributed by atoms with E-state index in [9.17, 15) is 4.79 Å². The van der Waals surface area contributed by atoms with Gasteiger partial charge in [-0.05, 0) is 40.8 Å². The van der Waals surface area contributed by atoms with Crippen LogP contribution in [0.4, 0.5) is 0 Å². The maximum absolute atomic E-state index is 11.6. The van der Waals surface area contributed by atoms with Crippen LogP contribution in [0.1, 0.15) is 33.1 Å². The first-order chi connectivity index (χ1) is 10.5. The number of hydrogen-bond acceptors (Lipinski definition) is 3. The fourth-order valence-electron chi connectivity index (χ4n) is 3.24. The van der Waals surface area contributed by atoms with Crippen molar-refractivity contribution in [3.8, 4) is 0 Å². The maximum atomic E-state index is 11.6. The van der Waals surface area contributed by atoms with Crippen LogP contribution in [0.2, 0.25) is 0 Å².